The molecule has 0 aliphatic heterocycles. The number of methoxy groups -OCH3 is 4. The van der Waals surface area contributed by atoms with Gasteiger partial charge in [-0.2, -0.15) is 5.10 Å². The smallest absolute Gasteiger partial charge is 0.193 e. The van der Waals surface area contributed by atoms with Gasteiger partial charge in [-0.1, -0.05) is 13.3 Å². The van der Waals surface area contributed by atoms with Gasteiger partial charge in [-0.15, -0.1) is 0 Å². The van der Waals surface area contributed by atoms with E-state index < -0.39 is 0 Å². The SMILES string of the molecule is CCCC(Cc1cc(OC)c(OC)cc1C(=O)c1ccc(OC)c(OC)c1)=NN. The van der Waals surface area contributed by atoms with Crippen LogP contribution in [0, 0.1) is 0 Å². The minimum atomic E-state index is -0.172. The molecule has 0 heterocycles. The molecule has 0 amide bonds. The summed E-state index contributed by atoms with van der Waals surface area (Å²) in [5, 5.41) is 3.89. The lowest BCUT2D eigenvalue weighted by molar-refractivity contribution is 0.103. The lowest BCUT2D eigenvalue weighted by Crippen LogP contribution is -2.12. The van der Waals surface area contributed by atoms with Crippen LogP contribution in [0.2, 0.25) is 0 Å². The number of hydrazone groups is 1. The second-order valence-corrected chi connectivity index (χ2v) is 6.39. The highest BCUT2D eigenvalue weighted by molar-refractivity contribution is 6.11. The topological polar surface area (TPSA) is 92.4 Å². The molecule has 0 aliphatic carbocycles. The highest BCUT2D eigenvalue weighted by Crippen LogP contribution is 2.34. The average Bonchev–Trinajstić information content (AvgIpc) is 2.77. The van der Waals surface area contributed by atoms with Gasteiger partial charge in [0.05, 0.1) is 28.4 Å². The lowest BCUT2D eigenvalue weighted by Gasteiger charge is -2.16. The van der Waals surface area contributed by atoms with Crippen molar-refractivity contribution >= 4 is 11.5 Å². The molecule has 2 rings (SSSR count). The van der Waals surface area contributed by atoms with E-state index in [0.717, 1.165) is 24.1 Å². The summed E-state index contributed by atoms with van der Waals surface area (Å²) in [7, 11) is 6.17. The molecule has 0 fully saturated rings. The van der Waals surface area contributed by atoms with Crippen LogP contribution in [-0.4, -0.2) is 39.9 Å². The molecular weight excluding hydrogens is 372 g/mol. The van der Waals surface area contributed by atoms with Crippen LogP contribution in [0.3, 0.4) is 0 Å². The Kier molecular flexibility index (Phi) is 7.88. The monoisotopic (exact) mass is 400 g/mol. The fourth-order valence-electron chi connectivity index (χ4n) is 3.12. The molecule has 0 aliphatic rings. The van der Waals surface area contributed by atoms with E-state index in [4.69, 9.17) is 24.8 Å². The van der Waals surface area contributed by atoms with Gasteiger partial charge >= 0.3 is 0 Å². The second-order valence-electron chi connectivity index (χ2n) is 6.39. The van der Waals surface area contributed by atoms with Crippen LogP contribution in [0.5, 0.6) is 23.0 Å². The van der Waals surface area contributed by atoms with Gasteiger partial charge < -0.3 is 24.8 Å². The molecule has 0 unspecified atom stereocenters. The zero-order valence-electron chi connectivity index (χ0n) is 17.6. The molecule has 156 valence electrons. The highest BCUT2D eigenvalue weighted by Gasteiger charge is 2.20. The van der Waals surface area contributed by atoms with Crippen LogP contribution < -0.4 is 24.8 Å². The standard InChI is InChI=1S/C22H28N2O5/c1-6-7-16(24-23)10-15-12-20(28-4)21(29-5)13-17(15)22(25)14-8-9-18(26-2)19(11-14)27-3/h8-9,11-13H,6-7,10,23H2,1-5H3. The van der Waals surface area contributed by atoms with Gasteiger partial charge in [0.1, 0.15) is 0 Å². The number of hydrogen-bond donors (Lipinski definition) is 1. The number of nitrogens with zero attached hydrogens (tertiary/aromatic N) is 1. The molecule has 2 aromatic carbocycles. The molecule has 0 spiro atoms. The Hall–Kier alpha value is -3.22. The van der Waals surface area contributed by atoms with Crippen LogP contribution in [0.15, 0.2) is 35.4 Å². The van der Waals surface area contributed by atoms with Gasteiger partial charge in [0, 0.05) is 23.3 Å². The molecule has 29 heavy (non-hydrogen) atoms. The van der Waals surface area contributed by atoms with E-state index in [1.165, 1.54) is 14.2 Å². The molecule has 0 saturated carbocycles. The van der Waals surface area contributed by atoms with E-state index >= 15 is 0 Å². The van der Waals surface area contributed by atoms with Crippen LogP contribution in [0.1, 0.15) is 41.3 Å². The van der Waals surface area contributed by atoms with Crippen molar-refractivity contribution in [2.75, 3.05) is 28.4 Å². The molecule has 0 saturated heterocycles. The second kappa shape index (κ2) is 10.4. The third-order valence-electron chi connectivity index (χ3n) is 4.62. The first-order valence-corrected chi connectivity index (χ1v) is 9.30. The van der Waals surface area contributed by atoms with E-state index in [2.05, 4.69) is 12.0 Å². The van der Waals surface area contributed by atoms with E-state index in [1.54, 1.807) is 44.6 Å². The molecule has 0 atom stereocenters. The molecule has 7 nitrogen and oxygen atoms in total. The summed E-state index contributed by atoms with van der Waals surface area (Å²) < 4.78 is 21.4. The lowest BCUT2D eigenvalue weighted by atomic mass is 9.93. The predicted octanol–water partition coefficient (Wildman–Crippen LogP) is 3.61. The first kappa shape index (κ1) is 22.1. The maximum atomic E-state index is 13.4. The molecule has 0 bridgehead atoms. The van der Waals surface area contributed by atoms with Crippen molar-refractivity contribution < 1.29 is 23.7 Å². The quantitative estimate of drug-likeness (QED) is 0.283. The Bertz CT molecular complexity index is 893. The number of ketones is 1. The van der Waals surface area contributed by atoms with Gasteiger partial charge in [-0.3, -0.25) is 4.79 Å². The summed E-state index contributed by atoms with van der Waals surface area (Å²) in [6.45, 7) is 2.05. The van der Waals surface area contributed by atoms with Crippen molar-refractivity contribution in [2.45, 2.75) is 26.2 Å². The maximum Gasteiger partial charge on any atom is 0.193 e. The van der Waals surface area contributed by atoms with E-state index in [0.29, 0.717) is 40.5 Å². The third-order valence-corrected chi connectivity index (χ3v) is 4.62. The summed E-state index contributed by atoms with van der Waals surface area (Å²) in [6.07, 6.45) is 2.09. The summed E-state index contributed by atoms with van der Waals surface area (Å²) in [4.78, 5) is 13.4. The van der Waals surface area contributed by atoms with Gasteiger partial charge in [0.2, 0.25) is 0 Å². The third kappa shape index (κ3) is 4.99. The molecule has 0 radical (unpaired) electrons. The number of carbonyl (C=O) groups excluding carboxylic acids is 1. The fourth-order valence-corrected chi connectivity index (χ4v) is 3.12. The largest absolute Gasteiger partial charge is 0.493 e. The maximum absolute atomic E-state index is 13.4. The molecule has 2 aromatic rings. The van der Waals surface area contributed by atoms with Crippen molar-refractivity contribution in [3.05, 3.63) is 47.0 Å². The molecular formula is C22H28N2O5. The zero-order valence-corrected chi connectivity index (χ0v) is 17.6. The van der Waals surface area contributed by atoms with Crippen molar-refractivity contribution in [2.24, 2.45) is 10.9 Å². The van der Waals surface area contributed by atoms with Gasteiger partial charge in [-0.05, 0) is 42.3 Å². The van der Waals surface area contributed by atoms with Crippen molar-refractivity contribution in [3.63, 3.8) is 0 Å². The Morgan fingerprint density at radius 3 is 2.03 bits per heavy atom. The minimum absolute atomic E-state index is 0.172. The van der Waals surface area contributed by atoms with E-state index in [9.17, 15) is 4.79 Å². The van der Waals surface area contributed by atoms with Crippen molar-refractivity contribution in [3.8, 4) is 23.0 Å². The number of carbonyl (C=O) groups is 1. The predicted molar refractivity (Wildman–Crippen MR) is 113 cm³/mol. The van der Waals surface area contributed by atoms with Crippen LogP contribution in [-0.2, 0) is 6.42 Å². The summed E-state index contributed by atoms with van der Waals surface area (Å²) in [5.74, 6) is 7.44. The van der Waals surface area contributed by atoms with Crippen molar-refractivity contribution in [1.29, 1.82) is 0 Å². The Labute approximate surface area is 171 Å². The molecule has 2 N–H and O–H groups in total. The summed E-state index contributed by atoms with van der Waals surface area (Å²) in [5.41, 5.74) is 2.53. The first-order valence-electron chi connectivity index (χ1n) is 9.30. The van der Waals surface area contributed by atoms with Crippen LogP contribution in [0.4, 0.5) is 0 Å². The number of rotatable bonds is 10. The van der Waals surface area contributed by atoms with E-state index in [1.807, 2.05) is 0 Å². The van der Waals surface area contributed by atoms with Gasteiger partial charge in [0.15, 0.2) is 28.8 Å². The highest BCUT2D eigenvalue weighted by atomic mass is 16.5. The van der Waals surface area contributed by atoms with Crippen LogP contribution >= 0.6 is 0 Å². The molecule has 0 aromatic heterocycles. The normalized spacial score (nSPS) is 11.1. The Morgan fingerprint density at radius 1 is 0.897 bits per heavy atom. The first-order chi connectivity index (χ1) is 14.0. The molecule has 7 heteroatoms. The number of nitrogens with two attached hydrogens (primary N) is 1. The summed E-state index contributed by atoms with van der Waals surface area (Å²) >= 11 is 0. The summed E-state index contributed by atoms with van der Waals surface area (Å²) in [6, 6.07) is 8.55. The number of hydrogen-bond acceptors (Lipinski definition) is 7. The average molecular weight is 400 g/mol. The number of ether oxygens (including phenoxy) is 4. The zero-order chi connectivity index (χ0) is 21.4. The minimum Gasteiger partial charge on any atom is -0.493 e. The Balaban J connectivity index is 2.57. The van der Waals surface area contributed by atoms with E-state index in [-0.39, 0.29) is 5.78 Å². The van der Waals surface area contributed by atoms with Crippen molar-refractivity contribution in [1.82, 2.24) is 0 Å². The Morgan fingerprint density at radius 2 is 1.48 bits per heavy atom. The van der Waals surface area contributed by atoms with Gasteiger partial charge in [-0.25, -0.2) is 0 Å². The number of benzene rings is 2. The van der Waals surface area contributed by atoms with Crippen LogP contribution in [0.25, 0.3) is 0 Å². The fraction of sp³-hybridized carbons (Fsp3) is 0.364. The van der Waals surface area contributed by atoms with Gasteiger partial charge in [0.25, 0.3) is 0 Å².